The van der Waals surface area contributed by atoms with E-state index >= 15 is 0 Å². The molecule has 3 aromatic carbocycles. The monoisotopic (exact) mass is 402 g/mol. The average Bonchev–Trinajstić information content (AvgIpc) is 2.73. The van der Waals surface area contributed by atoms with Crippen LogP contribution in [-0.4, -0.2) is 5.97 Å². The van der Waals surface area contributed by atoms with Gasteiger partial charge in [-0.3, -0.25) is 0 Å². The third kappa shape index (κ3) is 4.67. The van der Waals surface area contributed by atoms with E-state index in [1.165, 1.54) is 22.3 Å². The summed E-state index contributed by atoms with van der Waals surface area (Å²) in [5.41, 5.74) is 7.54. The van der Waals surface area contributed by atoms with Crippen LogP contribution in [-0.2, 0) is 5.41 Å². The summed E-state index contributed by atoms with van der Waals surface area (Å²) in [5, 5.41) is 10.9. The molecule has 0 radical (unpaired) electrons. The summed E-state index contributed by atoms with van der Waals surface area (Å²) in [6.07, 6.45) is 7.44. The Morgan fingerprint density at radius 2 is 1.53 bits per heavy atom. The summed E-state index contributed by atoms with van der Waals surface area (Å²) in [7, 11) is 0. The van der Waals surface area contributed by atoms with Crippen LogP contribution in [0.2, 0.25) is 0 Å². The van der Waals surface area contributed by atoms with Gasteiger partial charge in [-0.1, -0.05) is 98.8 Å². The van der Waals surface area contributed by atoms with Gasteiger partial charge >= 0.3 is 29.6 Å². The largest absolute Gasteiger partial charge is 1.00 e. The van der Waals surface area contributed by atoms with Crippen LogP contribution in [0.15, 0.2) is 78.9 Å². The van der Waals surface area contributed by atoms with E-state index in [-0.39, 0.29) is 40.5 Å². The Bertz CT molecular complexity index is 1110. The molecule has 0 spiro atoms. The number of carboxylic acid groups (broad SMARTS) is 1. The van der Waals surface area contributed by atoms with Gasteiger partial charge < -0.3 is 9.90 Å². The van der Waals surface area contributed by atoms with E-state index in [1.54, 1.807) is 24.3 Å². The number of carbonyl (C=O) groups excluding carboxylic acids is 1. The van der Waals surface area contributed by atoms with E-state index in [0.29, 0.717) is 0 Å². The van der Waals surface area contributed by atoms with Crippen molar-refractivity contribution < 1.29 is 39.5 Å². The molecule has 1 aliphatic rings. The molecule has 4 rings (SSSR count). The molecule has 2 nitrogen and oxygen atoms in total. The molecule has 0 N–H and O–H groups in total. The van der Waals surface area contributed by atoms with Gasteiger partial charge in [0, 0.05) is 0 Å². The Morgan fingerprint density at radius 1 is 0.900 bits per heavy atom. The van der Waals surface area contributed by atoms with Crippen molar-refractivity contribution in [2.45, 2.75) is 25.7 Å². The standard InChI is InChI=1S/C27H24O2.Na/c1-27(2)17-16-23(21-6-4-3-5-7-21)24-18-20(12-15-25(24)27)9-8-19-10-13-22(14-11-19)26(28)29;/h3-16,18H,17H2,1-2H3,(H,28,29);/q;+1/p-1/b9-8+;. The summed E-state index contributed by atoms with van der Waals surface area (Å²) in [6.45, 7) is 4.58. The first-order chi connectivity index (χ1) is 13.9. The summed E-state index contributed by atoms with van der Waals surface area (Å²) in [4.78, 5) is 10.9. The number of carbonyl (C=O) groups is 1. The zero-order valence-electron chi connectivity index (χ0n) is 17.7. The molecule has 0 aromatic heterocycles. The van der Waals surface area contributed by atoms with Crippen LogP contribution >= 0.6 is 0 Å². The Morgan fingerprint density at radius 3 is 2.20 bits per heavy atom. The Kier molecular flexibility index (Phi) is 6.82. The van der Waals surface area contributed by atoms with Gasteiger partial charge in [0.1, 0.15) is 0 Å². The fourth-order valence-electron chi connectivity index (χ4n) is 3.87. The predicted octanol–water partition coefficient (Wildman–Crippen LogP) is 2.34. The molecule has 0 unspecified atom stereocenters. The molecule has 3 heteroatoms. The number of hydrogen-bond donors (Lipinski definition) is 0. The van der Waals surface area contributed by atoms with Crippen LogP contribution in [0.3, 0.4) is 0 Å². The van der Waals surface area contributed by atoms with E-state index in [9.17, 15) is 9.90 Å². The molecule has 0 amide bonds. The smallest absolute Gasteiger partial charge is 0.545 e. The van der Waals surface area contributed by atoms with E-state index < -0.39 is 5.97 Å². The van der Waals surface area contributed by atoms with Gasteiger partial charge in [-0.25, -0.2) is 0 Å². The summed E-state index contributed by atoms with van der Waals surface area (Å²) < 4.78 is 0. The van der Waals surface area contributed by atoms with Gasteiger partial charge in [0.05, 0.1) is 5.97 Å². The third-order valence-corrected chi connectivity index (χ3v) is 5.58. The molecule has 30 heavy (non-hydrogen) atoms. The summed E-state index contributed by atoms with van der Waals surface area (Å²) in [6, 6.07) is 23.9. The maximum atomic E-state index is 10.9. The van der Waals surface area contributed by atoms with E-state index in [2.05, 4.69) is 68.5 Å². The Labute approximate surface area is 200 Å². The first-order valence-corrected chi connectivity index (χ1v) is 9.84. The van der Waals surface area contributed by atoms with Crippen molar-refractivity contribution in [3.05, 3.63) is 112 Å². The zero-order chi connectivity index (χ0) is 20.4. The zero-order valence-corrected chi connectivity index (χ0v) is 19.7. The van der Waals surface area contributed by atoms with Crippen LogP contribution in [0, 0.1) is 0 Å². The van der Waals surface area contributed by atoms with Crippen LogP contribution in [0.1, 0.15) is 58.4 Å². The molecular weight excluding hydrogens is 379 g/mol. The van der Waals surface area contributed by atoms with Gasteiger partial charge in [-0.2, -0.15) is 0 Å². The second-order valence-corrected chi connectivity index (χ2v) is 8.12. The normalized spacial score (nSPS) is 14.5. The summed E-state index contributed by atoms with van der Waals surface area (Å²) in [5.74, 6) is -1.15. The van der Waals surface area contributed by atoms with Gasteiger partial charge in [-0.15, -0.1) is 0 Å². The molecule has 1 aliphatic carbocycles. The maximum absolute atomic E-state index is 10.9. The molecule has 0 saturated heterocycles. The van der Waals surface area contributed by atoms with Crippen molar-refractivity contribution in [3.63, 3.8) is 0 Å². The third-order valence-electron chi connectivity index (χ3n) is 5.58. The second-order valence-electron chi connectivity index (χ2n) is 8.12. The number of aromatic carboxylic acids is 1. The fourth-order valence-corrected chi connectivity index (χ4v) is 3.87. The topological polar surface area (TPSA) is 40.1 Å². The van der Waals surface area contributed by atoms with Gasteiger partial charge in [0.15, 0.2) is 0 Å². The number of hydrogen-bond acceptors (Lipinski definition) is 2. The first kappa shape index (κ1) is 22.3. The van der Waals surface area contributed by atoms with Crippen LogP contribution in [0.5, 0.6) is 0 Å². The SMILES string of the molecule is CC1(C)CC=C(c2ccccc2)c2cc(/C=C/c3ccc(C(=O)[O-])cc3)ccc21.[Na+]. The predicted molar refractivity (Wildman–Crippen MR) is 117 cm³/mol. The van der Waals surface area contributed by atoms with Crippen molar-refractivity contribution in [1.82, 2.24) is 0 Å². The number of fused-ring (bicyclic) bond motifs is 1. The van der Waals surface area contributed by atoms with Gasteiger partial charge in [-0.05, 0) is 56.9 Å². The fraction of sp³-hybridized carbons (Fsp3) is 0.148. The quantitative estimate of drug-likeness (QED) is 0.497. The molecule has 3 aromatic rings. The van der Waals surface area contributed by atoms with Crippen LogP contribution in [0.4, 0.5) is 0 Å². The second kappa shape index (κ2) is 9.18. The molecule has 0 aliphatic heterocycles. The van der Waals surface area contributed by atoms with Crippen LogP contribution in [0.25, 0.3) is 17.7 Å². The van der Waals surface area contributed by atoms with E-state index in [1.807, 2.05) is 12.1 Å². The minimum absolute atomic E-state index is 0. The molecule has 144 valence electrons. The van der Waals surface area contributed by atoms with Gasteiger partial charge in [0.25, 0.3) is 0 Å². The molecule has 0 saturated carbocycles. The average molecular weight is 402 g/mol. The van der Waals surface area contributed by atoms with E-state index in [0.717, 1.165) is 17.5 Å². The van der Waals surface area contributed by atoms with Gasteiger partial charge in [0.2, 0.25) is 0 Å². The summed E-state index contributed by atoms with van der Waals surface area (Å²) >= 11 is 0. The molecular formula is C27H23NaO2. The maximum Gasteiger partial charge on any atom is 1.00 e. The van der Waals surface area contributed by atoms with Crippen molar-refractivity contribution in [2.24, 2.45) is 0 Å². The van der Waals surface area contributed by atoms with Crippen molar-refractivity contribution in [1.29, 1.82) is 0 Å². The van der Waals surface area contributed by atoms with Crippen molar-refractivity contribution in [3.8, 4) is 0 Å². The molecule has 0 fully saturated rings. The molecule has 0 bridgehead atoms. The Hall–Kier alpha value is -2.39. The minimum atomic E-state index is -1.15. The number of allylic oxidation sites excluding steroid dienone is 1. The minimum Gasteiger partial charge on any atom is -0.545 e. The van der Waals surface area contributed by atoms with Crippen LogP contribution < -0.4 is 34.7 Å². The number of carboxylic acids is 1. The van der Waals surface area contributed by atoms with Crippen molar-refractivity contribution >= 4 is 23.7 Å². The first-order valence-electron chi connectivity index (χ1n) is 9.84. The molecule has 0 heterocycles. The molecule has 0 atom stereocenters. The number of benzene rings is 3. The Balaban J connectivity index is 0.00000256. The van der Waals surface area contributed by atoms with E-state index in [4.69, 9.17) is 0 Å². The number of rotatable bonds is 4. The van der Waals surface area contributed by atoms with Crippen molar-refractivity contribution in [2.75, 3.05) is 0 Å².